The molecule has 0 aliphatic heterocycles. The Hall–Kier alpha value is -3.87. The van der Waals surface area contributed by atoms with E-state index in [-0.39, 0.29) is 11.5 Å². The van der Waals surface area contributed by atoms with Gasteiger partial charge in [0.2, 0.25) is 0 Å². The van der Waals surface area contributed by atoms with Gasteiger partial charge in [-0.25, -0.2) is 5.10 Å². The van der Waals surface area contributed by atoms with Crippen molar-refractivity contribution in [2.45, 2.75) is 58.5 Å². The topological polar surface area (TPSA) is 106 Å². The van der Waals surface area contributed by atoms with Crippen molar-refractivity contribution >= 4 is 22.6 Å². The SMILES string of the molecule is Cc1ccc(C)c(C(=O)NCc2ccc(-c3cn(C4CCCCC4)c4c(=O)[nH]nc(N)c34)cc2)c1. The summed E-state index contributed by atoms with van der Waals surface area (Å²) in [6.45, 7) is 4.36. The molecule has 4 N–H and O–H groups in total. The number of fused-ring (bicyclic) bond motifs is 1. The first kappa shape index (κ1) is 22.9. The van der Waals surface area contributed by atoms with Crippen molar-refractivity contribution < 1.29 is 4.79 Å². The van der Waals surface area contributed by atoms with E-state index in [1.807, 2.05) is 56.3 Å². The molecule has 7 nitrogen and oxygen atoms in total. The molecule has 5 rings (SSSR count). The zero-order valence-corrected chi connectivity index (χ0v) is 20.2. The molecular formula is C28H31N5O2. The molecule has 0 saturated heterocycles. The lowest BCUT2D eigenvalue weighted by Crippen LogP contribution is -2.23. The monoisotopic (exact) mass is 469 g/mol. The highest BCUT2D eigenvalue weighted by molar-refractivity contribution is 6.02. The molecule has 35 heavy (non-hydrogen) atoms. The Morgan fingerprint density at radius 2 is 1.86 bits per heavy atom. The second-order valence-corrected chi connectivity index (χ2v) is 9.60. The molecular weight excluding hydrogens is 438 g/mol. The maximum absolute atomic E-state index is 12.8. The predicted molar refractivity (Wildman–Crippen MR) is 139 cm³/mol. The summed E-state index contributed by atoms with van der Waals surface area (Å²) in [5, 5.41) is 10.3. The van der Waals surface area contributed by atoms with Crippen LogP contribution < -0.4 is 16.6 Å². The van der Waals surface area contributed by atoms with Crippen LogP contribution in [0, 0.1) is 13.8 Å². The first-order valence-electron chi connectivity index (χ1n) is 12.3. The van der Waals surface area contributed by atoms with Crippen LogP contribution in [0.1, 0.15) is 65.2 Å². The van der Waals surface area contributed by atoms with Crippen molar-refractivity contribution in [2.75, 3.05) is 5.73 Å². The number of nitrogens with one attached hydrogen (secondary N) is 2. The van der Waals surface area contributed by atoms with E-state index < -0.39 is 0 Å². The predicted octanol–water partition coefficient (Wildman–Crippen LogP) is 5.03. The Morgan fingerprint density at radius 1 is 1.11 bits per heavy atom. The first-order chi connectivity index (χ1) is 16.9. The van der Waals surface area contributed by atoms with E-state index in [4.69, 9.17) is 5.73 Å². The summed E-state index contributed by atoms with van der Waals surface area (Å²) in [5.74, 6) is 0.248. The molecule has 4 aromatic rings. The molecule has 0 unspecified atom stereocenters. The molecule has 2 aromatic carbocycles. The van der Waals surface area contributed by atoms with Crippen molar-refractivity contribution in [3.8, 4) is 11.1 Å². The first-order valence-corrected chi connectivity index (χ1v) is 12.3. The molecule has 2 aromatic heterocycles. The molecule has 0 atom stereocenters. The third kappa shape index (κ3) is 4.46. The van der Waals surface area contributed by atoms with E-state index in [1.165, 1.54) is 19.3 Å². The molecule has 1 amide bonds. The average molecular weight is 470 g/mol. The van der Waals surface area contributed by atoms with Crippen molar-refractivity contribution in [3.63, 3.8) is 0 Å². The number of amides is 1. The van der Waals surface area contributed by atoms with Gasteiger partial charge in [-0.05, 0) is 49.4 Å². The average Bonchev–Trinajstić information content (AvgIpc) is 3.29. The standard InChI is InChI=1S/C28H31N5O2/c1-17-8-9-18(2)22(14-17)27(34)30-15-19-10-12-20(13-11-19)23-16-33(21-6-4-3-5-7-21)25-24(23)26(29)31-32-28(25)35/h8-14,16,21H,3-7,15H2,1-2H3,(H2,29,31)(H,30,34)(H,32,35). The molecule has 180 valence electrons. The van der Waals surface area contributed by atoms with Crippen LogP contribution in [0.25, 0.3) is 22.0 Å². The van der Waals surface area contributed by atoms with Gasteiger partial charge in [-0.2, -0.15) is 5.10 Å². The number of aryl methyl sites for hydroxylation is 2. The highest BCUT2D eigenvalue weighted by Gasteiger charge is 2.23. The highest BCUT2D eigenvalue weighted by Crippen LogP contribution is 2.37. The fourth-order valence-corrected chi connectivity index (χ4v) is 5.16. The van der Waals surface area contributed by atoms with Gasteiger partial charge in [0.25, 0.3) is 11.5 Å². The summed E-state index contributed by atoms with van der Waals surface area (Å²) in [6, 6.07) is 14.2. The van der Waals surface area contributed by atoms with Crippen LogP contribution in [0.5, 0.6) is 0 Å². The zero-order chi connectivity index (χ0) is 24.5. The van der Waals surface area contributed by atoms with Crippen molar-refractivity contribution in [3.05, 3.63) is 81.3 Å². The van der Waals surface area contributed by atoms with E-state index in [0.717, 1.165) is 40.7 Å². The van der Waals surface area contributed by atoms with E-state index in [2.05, 4.69) is 26.3 Å². The molecule has 2 heterocycles. The molecule has 0 bridgehead atoms. The van der Waals surface area contributed by atoms with Gasteiger partial charge in [0.05, 0.1) is 5.39 Å². The Labute approximate surface area is 204 Å². The fourth-order valence-electron chi connectivity index (χ4n) is 5.16. The van der Waals surface area contributed by atoms with Gasteiger partial charge in [-0.1, -0.05) is 61.2 Å². The molecule has 0 radical (unpaired) electrons. The van der Waals surface area contributed by atoms with Crippen molar-refractivity contribution in [2.24, 2.45) is 0 Å². The third-order valence-electron chi connectivity index (χ3n) is 7.11. The minimum atomic E-state index is -0.211. The van der Waals surface area contributed by atoms with Crippen molar-refractivity contribution in [1.29, 1.82) is 0 Å². The normalized spacial score (nSPS) is 14.3. The molecule has 1 aliphatic carbocycles. The largest absolute Gasteiger partial charge is 0.382 e. The number of aromatic amines is 1. The van der Waals surface area contributed by atoms with Crippen LogP contribution in [-0.2, 0) is 6.54 Å². The molecule has 1 aliphatic rings. The highest BCUT2D eigenvalue weighted by atomic mass is 16.1. The molecule has 7 heteroatoms. The Kier molecular flexibility index (Phi) is 6.16. The van der Waals surface area contributed by atoms with Crippen LogP contribution in [-0.4, -0.2) is 20.7 Å². The third-order valence-corrected chi connectivity index (χ3v) is 7.11. The van der Waals surface area contributed by atoms with Gasteiger partial charge >= 0.3 is 0 Å². The fraction of sp³-hybridized carbons (Fsp3) is 0.321. The number of nitrogens with two attached hydrogens (primary N) is 1. The number of nitrogen functional groups attached to an aromatic ring is 1. The number of anilines is 1. The van der Waals surface area contributed by atoms with Gasteiger partial charge in [0, 0.05) is 29.9 Å². The van der Waals surface area contributed by atoms with Crippen LogP contribution in [0.3, 0.4) is 0 Å². The maximum atomic E-state index is 12.8. The summed E-state index contributed by atoms with van der Waals surface area (Å²) in [5.41, 5.74) is 12.2. The number of H-pyrrole nitrogens is 1. The van der Waals surface area contributed by atoms with Gasteiger partial charge in [-0.3, -0.25) is 9.59 Å². The number of hydrogen-bond acceptors (Lipinski definition) is 4. The van der Waals surface area contributed by atoms with Gasteiger partial charge < -0.3 is 15.6 Å². The van der Waals surface area contributed by atoms with Crippen LogP contribution in [0.15, 0.2) is 53.5 Å². The van der Waals surface area contributed by atoms with Crippen molar-refractivity contribution in [1.82, 2.24) is 20.1 Å². The van der Waals surface area contributed by atoms with Crippen LogP contribution in [0.4, 0.5) is 5.82 Å². The lowest BCUT2D eigenvalue weighted by Gasteiger charge is -2.23. The molecule has 1 fully saturated rings. The van der Waals surface area contributed by atoms with E-state index in [0.29, 0.717) is 34.9 Å². The zero-order valence-electron chi connectivity index (χ0n) is 20.2. The summed E-state index contributed by atoms with van der Waals surface area (Å²) < 4.78 is 2.11. The smallest absolute Gasteiger partial charge is 0.288 e. The Morgan fingerprint density at radius 3 is 2.60 bits per heavy atom. The number of hydrogen-bond donors (Lipinski definition) is 3. The lowest BCUT2D eigenvalue weighted by molar-refractivity contribution is 0.0950. The lowest BCUT2D eigenvalue weighted by atomic mass is 9.95. The second-order valence-electron chi connectivity index (χ2n) is 9.60. The Bertz CT molecular complexity index is 1440. The van der Waals surface area contributed by atoms with Gasteiger partial charge in [0.15, 0.2) is 5.82 Å². The van der Waals surface area contributed by atoms with Crippen LogP contribution in [0.2, 0.25) is 0 Å². The number of aromatic nitrogens is 3. The summed E-state index contributed by atoms with van der Waals surface area (Å²) >= 11 is 0. The Balaban J connectivity index is 1.42. The number of carbonyl (C=O) groups is 1. The quantitative estimate of drug-likeness (QED) is 0.381. The van der Waals surface area contributed by atoms with Gasteiger partial charge in [-0.15, -0.1) is 0 Å². The summed E-state index contributed by atoms with van der Waals surface area (Å²) in [7, 11) is 0. The number of nitrogens with zero attached hydrogens (tertiary/aromatic N) is 2. The van der Waals surface area contributed by atoms with E-state index in [9.17, 15) is 9.59 Å². The summed E-state index contributed by atoms with van der Waals surface area (Å²) in [4.78, 5) is 25.5. The second kappa shape index (κ2) is 9.41. The minimum Gasteiger partial charge on any atom is -0.382 e. The van der Waals surface area contributed by atoms with E-state index in [1.54, 1.807) is 0 Å². The minimum absolute atomic E-state index is 0.0797. The van der Waals surface area contributed by atoms with Crippen LogP contribution >= 0.6 is 0 Å². The molecule has 0 spiro atoms. The number of benzene rings is 2. The van der Waals surface area contributed by atoms with E-state index >= 15 is 0 Å². The molecule has 1 saturated carbocycles. The number of carbonyl (C=O) groups excluding carboxylic acids is 1. The summed E-state index contributed by atoms with van der Waals surface area (Å²) in [6.07, 6.45) is 7.75. The van der Waals surface area contributed by atoms with Gasteiger partial charge in [0.1, 0.15) is 5.52 Å². The number of rotatable bonds is 5. The maximum Gasteiger partial charge on any atom is 0.288 e.